The lowest BCUT2D eigenvalue weighted by molar-refractivity contribution is -0.142. The summed E-state index contributed by atoms with van der Waals surface area (Å²) >= 11 is 0. The molecule has 2 rings (SSSR count). The molecule has 0 aliphatic rings. The van der Waals surface area contributed by atoms with Crippen LogP contribution in [-0.4, -0.2) is 54.8 Å². The van der Waals surface area contributed by atoms with Gasteiger partial charge in [-0.05, 0) is 70.9 Å². The monoisotopic (exact) mass is 586 g/mol. The highest BCUT2D eigenvalue weighted by Crippen LogP contribution is 2.50. The van der Waals surface area contributed by atoms with Gasteiger partial charge in [-0.25, -0.2) is 0 Å². The van der Waals surface area contributed by atoms with Gasteiger partial charge in [0, 0.05) is 18.4 Å². The van der Waals surface area contributed by atoms with Gasteiger partial charge in [-0.1, -0.05) is 78.6 Å². The third kappa shape index (κ3) is 8.26. The van der Waals surface area contributed by atoms with Crippen LogP contribution in [0.1, 0.15) is 125 Å². The van der Waals surface area contributed by atoms with Crippen LogP contribution in [0.4, 0.5) is 0 Å². The molecule has 2 unspecified atom stereocenters. The third-order valence-electron chi connectivity index (χ3n) is 8.27. The van der Waals surface area contributed by atoms with Crippen molar-refractivity contribution >= 4 is 11.9 Å². The van der Waals surface area contributed by atoms with Gasteiger partial charge in [0.1, 0.15) is 11.5 Å². The minimum absolute atomic E-state index is 0.0340. The molecule has 8 nitrogen and oxygen atoms in total. The number of unbranched alkanes of at least 4 members (excludes halogenated alkanes) is 2. The van der Waals surface area contributed by atoms with E-state index in [2.05, 4.69) is 0 Å². The van der Waals surface area contributed by atoms with E-state index in [1.165, 1.54) is 0 Å². The second kappa shape index (κ2) is 13.5. The van der Waals surface area contributed by atoms with E-state index in [0.29, 0.717) is 52.6 Å². The number of aromatic hydroxyl groups is 2. The Labute approximate surface area is 250 Å². The van der Waals surface area contributed by atoms with Crippen molar-refractivity contribution in [1.82, 2.24) is 0 Å². The van der Waals surface area contributed by atoms with Crippen molar-refractivity contribution < 1.29 is 40.2 Å². The smallest absolute Gasteiger partial charge is 0.304 e. The molecule has 0 aliphatic heterocycles. The summed E-state index contributed by atoms with van der Waals surface area (Å²) in [6, 6.07) is 6.82. The van der Waals surface area contributed by atoms with Gasteiger partial charge < -0.3 is 30.6 Å². The van der Waals surface area contributed by atoms with E-state index in [1.807, 2.05) is 41.5 Å². The van der Waals surface area contributed by atoms with Gasteiger partial charge >= 0.3 is 11.9 Å². The predicted molar refractivity (Wildman–Crippen MR) is 164 cm³/mol. The molecule has 0 radical (unpaired) electrons. The van der Waals surface area contributed by atoms with Crippen LogP contribution in [0.3, 0.4) is 0 Å². The van der Waals surface area contributed by atoms with Crippen LogP contribution in [-0.2, 0) is 20.4 Å². The quantitative estimate of drug-likeness (QED) is 0.147. The maximum atomic E-state index is 12.8. The number of rotatable bonds is 13. The zero-order valence-electron chi connectivity index (χ0n) is 26.4. The van der Waals surface area contributed by atoms with Gasteiger partial charge in [0.25, 0.3) is 0 Å². The van der Waals surface area contributed by atoms with Crippen molar-refractivity contribution in [2.75, 3.05) is 6.61 Å². The molecule has 0 amide bonds. The number of carboxylic acids is 2. The summed E-state index contributed by atoms with van der Waals surface area (Å²) in [5.41, 5.74) is 0.433. The SMILES string of the molecule is Cc1cc(C(CC(=O)O)C(O)(CCCCCO)C(CC(=O)O)c2cc(C)c(O)c(C(C)(C)C)c2)cc(C(C)(C)C)c1O. The number of aryl methyl sites for hydroxylation is 2. The Hall–Kier alpha value is -3.10. The van der Waals surface area contributed by atoms with E-state index in [-0.39, 0.29) is 24.5 Å². The standard InChI is InChI=1S/C34H50O8/c1-20-14-22(16-26(30(20)40)32(3,4)5)24(18-28(36)37)34(42,12-10-9-11-13-35)25(19-29(38)39)23-15-21(2)31(41)27(17-23)33(6,7)8/h14-17,24-25,35,40-42H,9-13,18-19H2,1-8H3,(H,36,37)(H,38,39). The van der Waals surface area contributed by atoms with Crippen LogP contribution < -0.4 is 0 Å². The van der Waals surface area contributed by atoms with Crippen LogP contribution in [0.15, 0.2) is 24.3 Å². The van der Waals surface area contributed by atoms with E-state index in [4.69, 9.17) is 0 Å². The van der Waals surface area contributed by atoms with Crippen molar-refractivity contribution in [2.24, 2.45) is 0 Å². The van der Waals surface area contributed by atoms with Crippen molar-refractivity contribution in [2.45, 2.75) is 122 Å². The molecule has 0 aromatic heterocycles. The Morgan fingerprint density at radius 1 is 0.690 bits per heavy atom. The minimum Gasteiger partial charge on any atom is -0.507 e. The van der Waals surface area contributed by atoms with Crippen molar-refractivity contribution in [3.05, 3.63) is 57.6 Å². The number of aliphatic hydroxyl groups is 2. The minimum atomic E-state index is -1.84. The molecule has 0 saturated heterocycles. The molecule has 2 atom stereocenters. The first kappa shape index (κ1) is 35.1. The van der Waals surface area contributed by atoms with Crippen LogP contribution in [0.2, 0.25) is 0 Å². The molecule has 0 heterocycles. The summed E-state index contributed by atoms with van der Waals surface area (Å²) in [4.78, 5) is 24.7. The van der Waals surface area contributed by atoms with Crippen LogP contribution in [0.5, 0.6) is 11.5 Å². The molecular formula is C34H50O8. The van der Waals surface area contributed by atoms with Gasteiger partial charge in [0.05, 0.1) is 18.4 Å². The Bertz CT molecular complexity index is 1180. The molecule has 0 spiro atoms. The van der Waals surface area contributed by atoms with Gasteiger partial charge in [-0.2, -0.15) is 0 Å². The fourth-order valence-electron chi connectivity index (χ4n) is 5.96. The largest absolute Gasteiger partial charge is 0.507 e. The molecule has 0 bridgehead atoms. The molecule has 0 fully saturated rings. The highest BCUT2D eigenvalue weighted by Gasteiger charge is 2.47. The lowest BCUT2D eigenvalue weighted by Crippen LogP contribution is -2.44. The lowest BCUT2D eigenvalue weighted by atomic mass is 9.65. The van der Waals surface area contributed by atoms with Gasteiger partial charge in [-0.15, -0.1) is 0 Å². The number of carbonyl (C=O) groups is 2. The molecule has 2 aromatic carbocycles. The highest BCUT2D eigenvalue weighted by molar-refractivity contribution is 5.70. The number of phenolic OH excluding ortho intramolecular Hbond substituents is 2. The average Bonchev–Trinajstić information content (AvgIpc) is 2.85. The van der Waals surface area contributed by atoms with Gasteiger partial charge in [0.15, 0.2) is 0 Å². The first-order valence-corrected chi connectivity index (χ1v) is 14.7. The second-order valence-corrected chi connectivity index (χ2v) is 13.8. The lowest BCUT2D eigenvalue weighted by Gasteiger charge is -2.43. The zero-order chi connectivity index (χ0) is 32.2. The van der Waals surface area contributed by atoms with Crippen molar-refractivity contribution in [3.63, 3.8) is 0 Å². The summed E-state index contributed by atoms with van der Waals surface area (Å²) in [6.45, 7) is 15.0. The Morgan fingerprint density at radius 3 is 1.38 bits per heavy atom. The van der Waals surface area contributed by atoms with Crippen LogP contribution >= 0.6 is 0 Å². The number of phenols is 2. The number of hydrogen-bond acceptors (Lipinski definition) is 6. The third-order valence-corrected chi connectivity index (χ3v) is 8.27. The van der Waals surface area contributed by atoms with E-state index in [1.54, 1.807) is 38.1 Å². The molecular weight excluding hydrogens is 536 g/mol. The molecule has 0 saturated carbocycles. The zero-order valence-corrected chi connectivity index (χ0v) is 26.4. The maximum absolute atomic E-state index is 12.8. The van der Waals surface area contributed by atoms with Crippen LogP contribution in [0, 0.1) is 13.8 Å². The molecule has 8 heteroatoms. The van der Waals surface area contributed by atoms with Crippen molar-refractivity contribution in [3.8, 4) is 11.5 Å². The topological polar surface area (TPSA) is 156 Å². The van der Waals surface area contributed by atoms with Crippen molar-refractivity contribution in [1.29, 1.82) is 0 Å². The Balaban J connectivity index is 2.97. The summed E-state index contributed by atoms with van der Waals surface area (Å²) in [5.74, 6) is -4.16. The number of hydrogen-bond donors (Lipinski definition) is 6. The van der Waals surface area contributed by atoms with Crippen LogP contribution in [0.25, 0.3) is 0 Å². The molecule has 2 aromatic rings. The van der Waals surface area contributed by atoms with Gasteiger partial charge in [0.2, 0.25) is 0 Å². The Morgan fingerprint density at radius 2 is 1.07 bits per heavy atom. The van der Waals surface area contributed by atoms with E-state index >= 15 is 0 Å². The molecule has 234 valence electrons. The van der Waals surface area contributed by atoms with E-state index in [0.717, 1.165) is 0 Å². The highest BCUT2D eigenvalue weighted by atomic mass is 16.4. The Kier molecular flexibility index (Phi) is 11.3. The fourth-order valence-corrected chi connectivity index (χ4v) is 5.96. The van der Waals surface area contributed by atoms with Gasteiger partial charge in [-0.3, -0.25) is 9.59 Å². The summed E-state index contributed by atoms with van der Waals surface area (Å²) in [7, 11) is 0. The number of aliphatic hydroxyl groups excluding tert-OH is 1. The normalized spacial score (nSPS) is 15.2. The summed E-state index contributed by atoms with van der Waals surface area (Å²) in [6.07, 6.45) is 0.617. The van der Waals surface area contributed by atoms with E-state index < -0.39 is 53.0 Å². The average molecular weight is 587 g/mol. The first-order valence-electron chi connectivity index (χ1n) is 14.7. The molecule has 42 heavy (non-hydrogen) atoms. The first-order chi connectivity index (χ1) is 19.2. The predicted octanol–water partition coefficient (Wildman–Crippen LogP) is 6.41. The number of benzene rings is 2. The summed E-state index contributed by atoms with van der Waals surface area (Å²) < 4.78 is 0. The van der Waals surface area contributed by atoms with E-state index in [9.17, 15) is 40.2 Å². The fraction of sp³-hybridized carbons (Fsp3) is 0.588. The molecule has 0 aliphatic carbocycles. The maximum Gasteiger partial charge on any atom is 0.304 e. The molecule has 6 N–H and O–H groups in total. The second-order valence-electron chi connectivity index (χ2n) is 13.8. The summed E-state index contributed by atoms with van der Waals surface area (Å²) in [5, 5.41) is 64.2. The number of aliphatic carboxylic acids is 2. The number of carboxylic acid groups (broad SMARTS) is 2.